The number of ether oxygens (including phenoxy) is 1. The summed E-state index contributed by atoms with van der Waals surface area (Å²) in [5.74, 6) is 1.73. The minimum atomic E-state index is -0.264. The van der Waals surface area contributed by atoms with Gasteiger partial charge in [0, 0.05) is 11.8 Å². The van der Waals surface area contributed by atoms with Gasteiger partial charge in [-0.25, -0.2) is 0 Å². The number of hydrogen-bond acceptors (Lipinski definition) is 3. The molecule has 4 nitrogen and oxygen atoms in total. The molecular weight excluding hydrogens is 278 g/mol. The summed E-state index contributed by atoms with van der Waals surface area (Å²) in [7, 11) is 1.54. The van der Waals surface area contributed by atoms with Gasteiger partial charge in [-0.2, -0.15) is 0 Å². The van der Waals surface area contributed by atoms with Gasteiger partial charge in [0.15, 0.2) is 0 Å². The van der Waals surface area contributed by atoms with Gasteiger partial charge in [-0.05, 0) is 43.3 Å². The molecule has 0 saturated carbocycles. The molecule has 1 amide bonds. The minimum absolute atomic E-state index is 0.264. The van der Waals surface area contributed by atoms with Crippen LogP contribution in [0.15, 0.2) is 40.8 Å². The lowest BCUT2D eigenvalue weighted by molar-refractivity contribution is -0.111. The number of benzene rings is 1. The van der Waals surface area contributed by atoms with Crippen molar-refractivity contribution in [2.45, 2.75) is 6.92 Å². The maximum absolute atomic E-state index is 11.7. The van der Waals surface area contributed by atoms with E-state index in [0.29, 0.717) is 22.2 Å². The van der Waals surface area contributed by atoms with Crippen LogP contribution in [0.2, 0.25) is 5.02 Å². The molecule has 5 heteroatoms. The van der Waals surface area contributed by atoms with Gasteiger partial charge >= 0.3 is 0 Å². The van der Waals surface area contributed by atoms with Crippen LogP contribution >= 0.6 is 11.6 Å². The Balaban J connectivity index is 2.01. The van der Waals surface area contributed by atoms with Crippen molar-refractivity contribution >= 4 is 29.3 Å². The van der Waals surface area contributed by atoms with Crippen LogP contribution in [0.4, 0.5) is 5.69 Å². The molecule has 1 aromatic carbocycles. The Kier molecular flexibility index (Phi) is 4.48. The molecule has 0 radical (unpaired) electrons. The fourth-order valence-electron chi connectivity index (χ4n) is 1.63. The van der Waals surface area contributed by atoms with Gasteiger partial charge in [0.25, 0.3) is 0 Å². The molecule has 0 aliphatic carbocycles. The fourth-order valence-corrected chi connectivity index (χ4v) is 1.89. The third kappa shape index (κ3) is 3.65. The standard InChI is InChI=1S/C15H14ClNO3/c1-10-3-5-12(20-10)6-8-15(18)17-11-4-7-14(19-2)13(16)9-11/h3-9H,1-2H3,(H,17,18)/b8-6+. The number of anilines is 1. The van der Waals surface area contributed by atoms with Crippen molar-refractivity contribution in [1.82, 2.24) is 0 Å². The van der Waals surface area contributed by atoms with Gasteiger partial charge in [0.2, 0.25) is 5.91 Å². The molecule has 0 bridgehead atoms. The van der Waals surface area contributed by atoms with E-state index in [4.69, 9.17) is 20.8 Å². The highest BCUT2D eigenvalue weighted by Gasteiger charge is 2.04. The molecule has 0 unspecified atom stereocenters. The Bertz CT molecular complexity index is 646. The summed E-state index contributed by atoms with van der Waals surface area (Å²) in [6.07, 6.45) is 3.00. The summed E-state index contributed by atoms with van der Waals surface area (Å²) >= 11 is 5.98. The Hall–Kier alpha value is -2.20. The third-order valence-corrected chi connectivity index (χ3v) is 2.87. The highest BCUT2D eigenvalue weighted by Crippen LogP contribution is 2.27. The van der Waals surface area contributed by atoms with Crippen molar-refractivity contribution in [1.29, 1.82) is 0 Å². The van der Waals surface area contributed by atoms with Crippen LogP contribution in [0.3, 0.4) is 0 Å². The van der Waals surface area contributed by atoms with E-state index in [1.807, 2.05) is 13.0 Å². The molecule has 104 valence electrons. The average molecular weight is 292 g/mol. The molecule has 0 atom stereocenters. The summed E-state index contributed by atoms with van der Waals surface area (Å²) in [4.78, 5) is 11.7. The number of carbonyl (C=O) groups is 1. The molecular formula is C15H14ClNO3. The number of aryl methyl sites for hydroxylation is 1. The number of nitrogens with one attached hydrogen (secondary N) is 1. The maximum Gasteiger partial charge on any atom is 0.248 e. The molecule has 0 aliphatic heterocycles. The highest BCUT2D eigenvalue weighted by molar-refractivity contribution is 6.32. The summed E-state index contributed by atoms with van der Waals surface area (Å²) in [5.41, 5.74) is 0.598. The van der Waals surface area contributed by atoms with E-state index in [-0.39, 0.29) is 5.91 Å². The van der Waals surface area contributed by atoms with Crippen molar-refractivity contribution in [3.8, 4) is 5.75 Å². The van der Waals surface area contributed by atoms with Gasteiger partial charge in [0.1, 0.15) is 17.3 Å². The molecule has 1 N–H and O–H groups in total. The second kappa shape index (κ2) is 6.30. The van der Waals surface area contributed by atoms with Crippen molar-refractivity contribution < 1.29 is 13.9 Å². The number of rotatable bonds is 4. The van der Waals surface area contributed by atoms with E-state index in [0.717, 1.165) is 5.76 Å². The van der Waals surface area contributed by atoms with Gasteiger partial charge in [-0.15, -0.1) is 0 Å². The van der Waals surface area contributed by atoms with Crippen molar-refractivity contribution in [2.24, 2.45) is 0 Å². The monoisotopic (exact) mass is 291 g/mol. The molecule has 2 rings (SSSR count). The van der Waals surface area contributed by atoms with E-state index < -0.39 is 0 Å². The molecule has 0 saturated heterocycles. The van der Waals surface area contributed by atoms with E-state index >= 15 is 0 Å². The Morgan fingerprint density at radius 2 is 2.15 bits per heavy atom. The van der Waals surface area contributed by atoms with Gasteiger partial charge in [-0.3, -0.25) is 4.79 Å². The first-order valence-corrected chi connectivity index (χ1v) is 6.35. The zero-order valence-corrected chi connectivity index (χ0v) is 11.9. The summed E-state index contributed by atoms with van der Waals surface area (Å²) < 4.78 is 10.4. The van der Waals surface area contributed by atoms with Crippen molar-refractivity contribution in [3.05, 3.63) is 53.0 Å². The number of hydrogen-bond donors (Lipinski definition) is 1. The minimum Gasteiger partial charge on any atom is -0.495 e. The number of carbonyl (C=O) groups excluding carboxylic acids is 1. The predicted octanol–water partition coefficient (Wildman–Crippen LogP) is 3.90. The zero-order valence-electron chi connectivity index (χ0n) is 11.1. The summed E-state index contributed by atoms with van der Waals surface area (Å²) in [6, 6.07) is 8.67. The number of amides is 1. The topological polar surface area (TPSA) is 51.5 Å². The predicted molar refractivity (Wildman–Crippen MR) is 79.1 cm³/mol. The highest BCUT2D eigenvalue weighted by atomic mass is 35.5. The first kappa shape index (κ1) is 14.2. The molecule has 1 heterocycles. The van der Waals surface area contributed by atoms with E-state index in [1.54, 1.807) is 30.3 Å². The maximum atomic E-state index is 11.7. The van der Waals surface area contributed by atoms with Crippen LogP contribution in [-0.4, -0.2) is 13.0 Å². The number of methoxy groups -OCH3 is 1. The summed E-state index contributed by atoms with van der Waals surface area (Å²) in [5, 5.41) is 3.14. The largest absolute Gasteiger partial charge is 0.495 e. The van der Waals surface area contributed by atoms with Gasteiger partial charge < -0.3 is 14.5 Å². The first-order chi connectivity index (χ1) is 9.58. The smallest absolute Gasteiger partial charge is 0.248 e. The van der Waals surface area contributed by atoms with Crippen LogP contribution in [0.5, 0.6) is 5.75 Å². The third-order valence-electron chi connectivity index (χ3n) is 2.58. The van der Waals surface area contributed by atoms with Gasteiger partial charge in [-0.1, -0.05) is 11.6 Å². The Labute approximate surface area is 122 Å². The van der Waals surface area contributed by atoms with Crippen LogP contribution in [0.25, 0.3) is 6.08 Å². The molecule has 20 heavy (non-hydrogen) atoms. The quantitative estimate of drug-likeness (QED) is 0.869. The second-order valence-corrected chi connectivity index (χ2v) is 4.53. The average Bonchev–Trinajstić information content (AvgIpc) is 2.82. The van der Waals surface area contributed by atoms with Crippen LogP contribution in [0.1, 0.15) is 11.5 Å². The Morgan fingerprint density at radius 3 is 2.75 bits per heavy atom. The molecule has 0 spiro atoms. The number of furan rings is 1. The van der Waals surface area contributed by atoms with E-state index in [9.17, 15) is 4.79 Å². The van der Waals surface area contributed by atoms with Crippen LogP contribution in [0, 0.1) is 6.92 Å². The van der Waals surface area contributed by atoms with E-state index in [2.05, 4.69) is 5.32 Å². The zero-order chi connectivity index (χ0) is 14.5. The molecule has 1 aromatic heterocycles. The van der Waals surface area contributed by atoms with Crippen molar-refractivity contribution in [2.75, 3.05) is 12.4 Å². The van der Waals surface area contributed by atoms with Crippen LogP contribution in [-0.2, 0) is 4.79 Å². The second-order valence-electron chi connectivity index (χ2n) is 4.12. The molecule has 0 fully saturated rings. The fraction of sp³-hybridized carbons (Fsp3) is 0.133. The van der Waals surface area contributed by atoms with E-state index in [1.165, 1.54) is 13.2 Å². The van der Waals surface area contributed by atoms with Crippen molar-refractivity contribution in [3.63, 3.8) is 0 Å². The van der Waals surface area contributed by atoms with Gasteiger partial charge in [0.05, 0.1) is 12.1 Å². The molecule has 0 aliphatic rings. The number of halogens is 1. The SMILES string of the molecule is COc1ccc(NC(=O)/C=C/c2ccc(C)o2)cc1Cl. The lowest BCUT2D eigenvalue weighted by Gasteiger charge is -2.06. The molecule has 2 aromatic rings. The summed E-state index contributed by atoms with van der Waals surface area (Å²) in [6.45, 7) is 1.84. The normalized spacial score (nSPS) is 10.8. The Morgan fingerprint density at radius 1 is 1.35 bits per heavy atom. The lowest BCUT2D eigenvalue weighted by Crippen LogP contribution is -2.07. The lowest BCUT2D eigenvalue weighted by atomic mass is 10.3. The van der Waals surface area contributed by atoms with Crippen LogP contribution < -0.4 is 10.1 Å². The first-order valence-electron chi connectivity index (χ1n) is 5.97.